The normalized spacial score (nSPS) is 13.8. The summed E-state index contributed by atoms with van der Waals surface area (Å²) in [6.07, 6.45) is 2.54. The first kappa shape index (κ1) is 24.3. The molecule has 0 radical (unpaired) electrons. The largest absolute Gasteiger partial charge is 0.491 e. The zero-order valence-electron chi connectivity index (χ0n) is 19.6. The molecule has 3 rings (SSSR count). The van der Waals surface area contributed by atoms with Crippen molar-refractivity contribution in [3.8, 4) is 5.75 Å². The van der Waals surface area contributed by atoms with Gasteiger partial charge in [0.25, 0.3) is 0 Å². The summed E-state index contributed by atoms with van der Waals surface area (Å²) in [4.78, 5) is 12.5. The van der Waals surface area contributed by atoms with E-state index in [1.165, 1.54) is 10.4 Å². The monoisotopic (exact) mass is 454 g/mol. The van der Waals surface area contributed by atoms with E-state index in [9.17, 15) is 15.0 Å². The van der Waals surface area contributed by atoms with E-state index in [-0.39, 0.29) is 12.0 Å². The zero-order chi connectivity index (χ0) is 23.5. The van der Waals surface area contributed by atoms with E-state index in [2.05, 4.69) is 32.0 Å². The topological polar surface area (TPSA) is 66.8 Å². The predicted octanol–water partition coefficient (Wildman–Crippen LogP) is 6.82. The molecule has 0 saturated carbocycles. The average molecular weight is 455 g/mol. The van der Waals surface area contributed by atoms with Crippen molar-refractivity contribution in [2.24, 2.45) is 5.41 Å². The maximum Gasteiger partial charge on any atom is 0.335 e. The molecular weight excluding hydrogens is 420 g/mol. The van der Waals surface area contributed by atoms with Crippen LogP contribution in [-0.2, 0) is 6.42 Å². The highest BCUT2D eigenvalue weighted by atomic mass is 32.1. The third kappa shape index (κ3) is 5.90. The lowest BCUT2D eigenvalue weighted by Gasteiger charge is -2.26. The highest BCUT2D eigenvalue weighted by Crippen LogP contribution is 2.33. The minimum absolute atomic E-state index is 0.205. The molecule has 0 fully saturated rings. The lowest BCUT2D eigenvalue weighted by atomic mass is 9.89. The molecule has 2 unspecified atom stereocenters. The van der Waals surface area contributed by atoms with Gasteiger partial charge in [0.2, 0.25) is 0 Å². The number of rotatable bonds is 9. The highest BCUT2D eigenvalue weighted by molar-refractivity contribution is 7.19. The Morgan fingerprint density at radius 2 is 1.88 bits per heavy atom. The van der Waals surface area contributed by atoms with E-state index in [0.29, 0.717) is 11.5 Å². The molecule has 0 saturated heterocycles. The average Bonchev–Trinajstić information content (AvgIpc) is 3.14. The van der Waals surface area contributed by atoms with Crippen LogP contribution in [0.3, 0.4) is 0 Å². The van der Waals surface area contributed by atoms with Crippen LogP contribution in [-0.4, -0.2) is 28.9 Å². The molecule has 0 spiro atoms. The summed E-state index contributed by atoms with van der Waals surface area (Å²) in [5.41, 5.74) is 2.53. The number of aliphatic hydroxyl groups is 1. The lowest BCUT2D eigenvalue weighted by molar-refractivity contribution is 0.0216. The van der Waals surface area contributed by atoms with Gasteiger partial charge in [-0.1, -0.05) is 39.8 Å². The Morgan fingerprint density at radius 3 is 2.50 bits per heavy atom. The van der Waals surface area contributed by atoms with Crippen LogP contribution in [0.5, 0.6) is 5.75 Å². The van der Waals surface area contributed by atoms with E-state index < -0.39 is 12.1 Å². The van der Waals surface area contributed by atoms with Gasteiger partial charge in [0, 0.05) is 9.58 Å². The number of thiophene rings is 1. The van der Waals surface area contributed by atoms with E-state index >= 15 is 0 Å². The number of benzene rings is 2. The number of carboxylic acids is 1. The predicted molar refractivity (Wildman–Crippen MR) is 132 cm³/mol. The van der Waals surface area contributed by atoms with E-state index in [1.54, 1.807) is 23.5 Å². The van der Waals surface area contributed by atoms with Crippen LogP contribution in [0.2, 0.25) is 0 Å². The molecule has 2 atom stereocenters. The van der Waals surface area contributed by atoms with Crippen molar-refractivity contribution in [3.05, 3.63) is 64.0 Å². The minimum Gasteiger partial charge on any atom is -0.491 e. The van der Waals surface area contributed by atoms with Crippen molar-refractivity contribution >= 4 is 27.4 Å². The quantitative estimate of drug-likeness (QED) is 0.372. The number of hydrogen-bond donors (Lipinski definition) is 2. The fraction of sp³-hybridized carbons (Fsp3) is 0.444. The van der Waals surface area contributed by atoms with Gasteiger partial charge in [-0.3, -0.25) is 0 Å². The molecule has 1 aromatic heterocycles. The first-order chi connectivity index (χ1) is 15.1. The first-order valence-electron chi connectivity index (χ1n) is 11.3. The Balaban J connectivity index is 1.66. The Kier molecular flexibility index (Phi) is 7.63. The van der Waals surface area contributed by atoms with E-state index in [0.717, 1.165) is 40.7 Å². The lowest BCUT2D eigenvalue weighted by Crippen LogP contribution is -2.32. The minimum atomic E-state index is -0.888. The number of aromatic carboxylic acids is 1. The summed E-state index contributed by atoms with van der Waals surface area (Å²) >= 11 is 1.75. The summed E-state index contributed by atoms with van der Waals surface area (Å²) in [5.74, 6) is 0.384. The zero-order valence-corrected chi connectivity index (χ0v) is 20.5. The molecule has 32 heavy (non-hydrogen) atoms. The number of ether oxygens (including phenoxy) is 1. The van der Waals surface area contributed by atoms with Crippen LogP contribution in [0.15, 0.2) is 42.5 Å². The van der Waals surface area contributed by atoms with Crippen molar-refractivity contribution in [2.45, 2.75) is 65.9 Å². The molecule has 0 bridgehead atoms. The molecule has 0 aliphatic heterocycles. The van der Waals surface area contributed by atoms with Crippen molar-refractivity contribution in [1.82, 2.24) is 0 Å². The van der Waals surface area contributed by atoms with E-state index in [1.807, 2.05) is 32.9 Å². The molecule has 4 nitrogen and oxygen atoms in total. The molecule has 1 heterocycles. The number of hydrogen-bond acceptors (Lipinski definition) is 4. The molecule has 0 aliphatic carbocycles. The van der Waals surface area contributed by atoms with Gasteiger partial charge in [-0.15, -0.1) is 11.3 Å². The van der Waals surface area contributed by atoms with Crippen LogP contribution >= 0.6 is 11.3 Å². The molecule has 2 N–H and O–H groups in total. The summed E-state index contributed by atoms with van der Waals surface area (Å²) in [5, 5.41) is 20.5. The number of fused-ring (bicyclic) bond motifs is 1. The van der Waals surface area contributed by atoms with Gasteiger partial charge >= 0.3 is 5.97 Å². The standard InChI is InChI=1S/C27H34O4S/c1-6-18(7-10-22-15-21-14-20(26(29)30)9-12-24(21)32-22)19-8-11-23(17(2)13-19)31-16-25(28)27(3,4)5/h8-9,11-15,18,25,28H,6-7,10,16H2,1-5H3,(H,29,30). The van der Waals surface area contributed by atoms with Gasteiger partial charge in [-0.2, -0.15) is 0 Å². The molecule has 0 amide bonds. The second-order valence-electron chi connectivity index (χ2n) is 9.63. The van der Waals surface area contributed by atoms with Crippen LogP contribution in [0.1, 0.15) is 72.8 Å². The maximum atomic E-state index is 11.2. The number of carboxylic acid groups (broad SMARTS) is 1. The second kappa shape index (κ2) is 10.1. The Hall–Kier alpha value is -2.37. The SMILES string of the molecule is CCC(CCc1cc2cc(C(=O)O)ccc2s1)c1ccc(OCC(O)C(C)(C)C)c(C)c1. The van der Waals surface area contributed by atoms with E-state index in [4.69, 9.17) is 4.74 Å². The summed E-state index contributed by atoms with van der Waals surface area (Å²) < 4.78 is 7.03. The van der Waals surface area contributed by atoms with Crippen molar-refractivity contribution in [1.29, 1.82) is 0 Å². The number of carbonyl (C=O) groups is 1. The third-order valence-corrected chi connectivity index (χ3v) is 7.29. The number of aliphatic hydroxyl groups excluding tert-OH is 1. The van der Waals surface area contributed by atoms with Gasteiger partial charge in [0.15, 0.2) is 0 Å². The van der Waals surface area contributed by atoms with Gasteiger partial charge in [-0.25, -0.2) is 4.79 Å². The second-order valence-corrected chi connectivity index (χ2v) is 10.8. The van der Waals surface area contributed by atoms with Crippen LogP contribution < -0.4 is 4.74 Å². The summed E-state index contributed by atoms with van der Waals surface area (Å²) in [6.45, 7) is 10.6. The fourth-order valence-corrected chi connectivity index (χ4v) is 4.84. The third-order valence-electron chi connectivity index (χ3n) is 6.11. The van der Waals surface area contributed by atoms with Crippen LogP contribution in [0.25, 0.3) is 10.1 Å². The molecule has 0 aliphatic rings. The Labute approximate surface area is 194 Å². The summed E-state index contributed by atoms with van der Waals surface area (Å²) in [6, 6.07) is 13.8. The summed E-state index contributed by atoms with van der Waals surface area (Å²) in [7, 11) is 0. The van der Waals surface area contributed by atoms with Gasteiger partial charge in [0.1, 0.15) is 12.4 Å². The Morgan fingerprint density at radius 1 is 1.12 bits per heavy atom. The van der Waals surface area contributed by atoms with Gasteiger partial charge < -0.3 is 14.9 Å². The first-order valence-corrected chi connectivity index (χ1v) is 12.1. The molecule has 5 heteroatoms. The smallest absolute Gasteiger partial charge is 0.335 e. The van der Waals surface area contributed by atoms with Gasteiger partial charge in [-0.05, 0) is 84.4 Å². The Bertz CT molecular complexity index is 1080. The molecule has 2 aromatic carbocycles. The van der Waals surface area contributed by atoms with Crippen molar-refractivity contribution in [2.75, 3.05) is 6.61 Å². The van der Waals surface area contributed by atoms with Crippen molar-refractivity contribution < 1.29 is 19.7 Å². The fourth-order valence-electron chi connectivity index (χ4n) is 3.78. The maximum absolute atomic E-state index is 11.2. The number of aryl methyl sites for hydroxylation is 2. The van der Waals surface area contributed by atoms with Crippen LogP contribution in [0.4, 0.5) is 0 Å². The highest BCUT2D eigenvalue weighted by Gasteiger charge is 2.23. The molecule has 172 valence electrons. The molecule has 3 aromatic rings. The van der Waals surface area contributed by atoms with Crippen LogP contribution in [0, 0.1) is 12.3 Å². The molecular formula is C27H34O4S. The van der Waals surface area contributed by atoms with Gasteiger partial charge in [0.05, 0.1) is 11.7 Å². The van der Waals surface area contributed by atoms with Crippen molar-refractivity contribution in [3.63, 3.8) is 0 Å².